The molecular weight excluding hydrogens is 390 g/mol. The molecular formula is C21H25N3O4S. The summed E-state index contributed by atoms with van der Waals surface area (Å²) in [5, 5.41) is 0. The lowest BCUT2D eigenvalue weighted by Gasteiger charge is -2.31. The van der Waals surface area contributed by atoms with Crippen molar-refractivity contribution in [1.29, 1.82) is 0 Å². The Balaban J connectivity index is 1.52. The van der Waals surface area contributed by atoms with Crippen molar-refractivity contribution in [2.24, 2.45) is 5.92 Å². The standard InChI is InChI=1S/C21H25N3O4S/c1-23(13-16-3-2-8-22-12-16)29(26,27)20-5-4-17-6-9-24(14-19(17)11-20)21(25)18-7-10-28-15-18/h2-5,8,11-12,18H,6-7,9-10,13-15H2,1H3/t18-/m1/s1. The summed E-state index contributed by atoms with van der Waals surface area (Å²) < 4.78 is 32.8. The second-order valence-corrected chi connectivity index (χ2v) is 9.67. The molecule has 1 aromatic carbocycles. The van der Waals surface area contributed by atoms with E-state index in [1.165, 1.54) is 4.31 Å². The highest BCUT2D eigenvalue weighted by atomic mass is 32.2. The largest absolute Gasteiger partial charge is 0.381 e. The first-order valence-electron chi connectivity index (χ1n) is 9.79. The van der Waals surface area contributed by atoms with Crippen LogP contribution < -0.4 is 0 Å². The Bertz CT molecular complexity index is 988. The Morgan fingerprint density at radius 2 is 2.17 bits per heavy atom. The normalized spacial score (nSPS) is 19.4. The van der Waals surface area contributed by atoms with Gasteiger partial charge in [0.1, 0.15) is 0 Å². The number of carbonyl (C=O) groups excluding carboxylic acids is 1. The molecule has 0 spiro atoms. The number of ether oxygens (including phenoxy) is 1. The Morgan fingerprint density at radius 3 is 2.90 bits per heavy atom. The smallest absolute Gasteiger partial charge is 0.243 e. The molecule has 1 fully saturated rings. The molecule has 0 aliphatic carbocycles. The van der Waals surface area contributed by atoms with Gasteiger partial charge in [0.25, 0.3) is 0 Å². The second-order valence-electron chi connectivity index (χ2n) is 7.62. The van der Waals surface area contributed by atoms with Crippen molar-refractivity contribution < 1.29 is 17.9 Å². The molecule has 1 amide bonds. The Hall–Kier alpha value is -2.29. The zero-order valence-electron chi connectivity index (χ0n) is 16.5. The molecule has 29 heavy (non-hydrogen) atoms. The number of aromatic nitrogens is 1. The van der Waals surface area contributed by atoms with Crippen LogP contribution in [0.1, 0.15) is 23.1 Å². The minimum Gasteiger partial charge on any atom is -0.381 e. The minimum atomic E-state index is -3.64. The number of rotatable bonds is 5. The van der Waals surface area contributed by atoms with Gasteiger partial charge in [0.05, 0.1) is 17.4 Å². The maximum atomic E-state index is 13.1. The summed E-state index contributed by atoms with van der Waals surface area (Å²) in [5.74, 6) is 0.0317. The summed E-state index contributed by atoms with van der Waals surface area (Å²) in [6, 6.07) is 8.89. The van der Waals surface area contributed by atoms with E-state index in [0.29, 0.717) is 26.3 Å². The number of sulfonamides is 1. The van der Waals surface area contributed by atoms with Gasteiger partial charge in [-0.2, -0.15) is 4.31 Å². The predicted octanol–water partition coefficient (Wildman–Crippen LogP) is 1.82. The summed E-state index contributed by atoms with van der Waals surface area (Å²) in [6.07, 6.45) is 4.82. The number of hydrogen-bond acceptors (Lipinski definition) is 5. The molecule has 1 atom stereocenters. The van der Waals surface area contributed by atoms with Crippen LogP contribution >= 0.6 is 0 Å². The van der Waals surface area contributed by atoms with E-state index in [1.807, 2.05) is 17.0 Å². The fourth-order valence-corrected chi connectivity index (χ4v) is 5.09. The molecule has 7 nitrogen and oxygen atoms in total. The number of amides is 1. The Kier molecular flexibility index (Phi) is 5.67. The molecule has 1 saturated heterocycles. The summed E-state index contributed by atoms with van der Waals surface area (Å²) in [7, 11) is -2.07. The van der Waals surface area contributed by atoms with Gasteiger partial charge < -0.3 is 9.64 Å². The molecule has 2 aromatic rings. The zero-order valence-corrected chi connectivity index (χ0v) is 17.3. The molecule has 0 N–H and O–H groups in total. The van der Waals surface area contributed by atoms with Crippen molar-refractivity contribution in [3.8, 4) is 0 Å². The second kappa shape index (κ2) is 8.22. The summed E-state index contributed by atoms with van der Waals surface area (Å²) in [6.45, 7) is 2.47. The van der Waals surface area contributed by atoms with Gasteiger partial charge in [-0.05, 0) is 47.7 Å². The number of carbonyl (C=O) groups is 1. The minimum absolute atomic E-state index is 0.0749. The van der Waals surface area contributed by atoms with Gasteiger partial charge in [0, 0.05) is 45.7 Å². The molecule has 3 heterocycles. The number of pyridine rings is 1. The van der Waals surface area contributed by atoms with Crippen LogP contribution in [0.5, 0.6) is 0 Å². The predicted molar refractivity (Wildman–Crippen MR) is 107 cm³/mol. The van der Waals surface area contributed by atoms with E-state index < -0.39 is 10.0 Å². The van der Waals surface area contributed by atoms with Gasteiger partial charge in [0.2, 0.25) is 15.9 Å². The van der Waals surface area contributed by atoms with Crippen LogP contribution in [0.3, 0.4) is 0 Å². The lowest BCUT2D eigenvalue weighted by molar-refractivity contribution is -0.136. The third-order valence-electron chi connectivity index (χ3n) is 5.62. The third kappa shape index (κ3) is 4.19. The van der Waals surface area contributed by atoms with Gasteiger partial charge in [-0.25, -0.2) is 8.42 Å². The quantitative estimate of drug-likeness (QED) is 0.744. The first kappa shape index (κ1) is 20.0. The van der Waals surface area contributed by atoms with Crippen LogP contribution in [0, 0.1) is 5.92 Å². The molecule has 0 bridgehead atoms. The van der Waals surface area contributed by atoms with E-state index >= 15 is 0 Å². The molecule has 0 unspecified atom stereocenters. The molecule has 4 rings (SSSR count). The van der Waals surface area contributed by atoms with E-state index in [-0.39, 0.29) is 23.3 Å². The number of nitrogens with zero attached hydrogens (tertiary/aromatic N) is 3. The molecule has 0 saturated carbocycles. The average Bonchev–Trinajstić information content (AvgIpc) is 3.28. The van der Waals surface area contributed by atoms with E-state index in [1.54, 1.807) is 37.6 Å². The van der Waals surface area contributed by atoms with Crippen LogP contribution in [0.25, 0.3) is 0 Å². The van der Waals surface area contributed by atoms with Gasteiger partial charge >= 0.3 is 0 Å². The molecule has 0 radical (unpaired) electrons. The summed E-state index contributed by atoms with van der Waals surface area (Å²) in [5.41, 5.74) is 2.83. The van der Waals surface area contributed by atoms with Gasteiger partial charge in [-0.3, -0.25) is 9.78 Å². The number of hydrogen-bond donors (Lipinski definition) is 0. The summed E-state index contributed by atoms with van der Waals surface area (Å²) >= 11 is 0. The zero-order chi connectivity index (χ0) is 20.4. The van der Waals surface area contributed by atoms with Crippen molar-refractivity contribution >= 4 is 15.9 Å². The lowest BCUT2D eigenvalue weighted by atomic mass is 9.98. The first-order valence-corrected chi connectivity index (χ1v) is 11.2. The van der Waals surface area contributed by atoms with Gasteiger partial charge in [0.15, 0.2) is 0 Å². The topological polar surface area (TPSA) is 79.8 Å². The van der Waals surface area contributed by atoms with Crippen molar-refractivity contribution in [3.63, 3.8) is 0 Å². The lowest BCUT2D eigenvalue weighted by Crippen LogP contribution is -2.40. The van der Waals surface area contributed by atoms with Crippen molar-refractivity contribution in [3.05, 3.63) is 59.4 Å². The van der Waals surface area contributed by atoms with E-state index in [4.69, 9.17) is 4.74 Å². The fraction of sp³-hybridized carbons (Fsp3) is 0.429. The Labute approximate surface area is 171 Å². The highest BCUT2D eigenvalue weighted by molar-refractivity contribution is 7.89. The average molecular weight is 416 g/mol. The fourth-order valence-electron chi connectivity index (χ4n) is 3.88. The van der Waals surface area contributed by atoms with Crippen molar-refractivity contribution in [1.82, 2.24) is 14.2 Å². The van der Waals surface area contributed by atoms with Crippen LogP contribution in [-0.2, 0) is 39.1 Å². The van der Waals surface area contributed by atoms with Crippen LogP contribution in [-0.4, -0.2) is 55.3 Å². The van der Waals surface area contributed by atoms with Crippen LogP contribution in [0.15, 0.2) is 47.6 Å². The SMILES string of the molecule is CN(Cc1cccnc1)S(=O)(=O)c1ccc2c(c1)CN(C(=O)[C@@H]1CCOC1)CC2. The molecule has 1 aromatic heterocycles. The van der Waals surface area contributed by atoms with Crippen molar-refractivity contribution in [2.75, 3.05) is 26.8 Å². The highest BCUT2D eigenvalue weighted by Crippen LogP contribution is 2.26. The maximum absolute atomic E-state index is 13.1. The van der Waals surface area contributed by atoms with E-state index in [9.17, 15) is 13.2 Å². The van der Waals surface area contributed by atoms with Crippen molar-refractivity contribution in [2.45, 2.75) is 30.8 Å². The number of fused-ring (bicyclic) bond motifs is 1. The van der Waals surface area contributed by atoms with E-state index in [0.717, 1.165) is 29.5 Å². The maximum Gasteiger partial charge on any atom is 0.243 e. The van der Waals surface area contributed by atoms with Crippen LogP contribution in [0.4, 0.5) is 0 Å². The first-order chi connectivity index (χ1) is 13.9. The molecule has 154 valence electrons. The summed E-state index contributed by atoms with van der Waals surface area (Å²) in [4.78, 5) is 18.8. The monoisotopic (exact) mass is 415 g/mol. The van der Waals surface area contributed by atoms with Gasteiger partial charge in [-0.15, -0.1) is 0 Å². The Morgan fingerprint density at radius 1 is 1.31 bits per heavy atom. The molecule has 8 heteroatoms. The highest BCUT2D eigenvalue weighted by Gasteiger charge is 2.31. The molecule has 2 aliphatic rings. The van der Waals surface area contributed by atoms with Crippen LogP contribution in [0.2, 0.25) is 0 Å². The van der Waals surface area contributed by atoms with E-state index in [2.05, 4.69) is 4.98 Å². The third-order valence-corrected chi connectivity index (χ3v) is 7.42. The van der Waals surface area contributed by atoms with Gasteiger partial charge in [-0.1, -0.05) is 12.1 Å². The number of benzene rings is 1. The molecule has 2 aliphatic heterocycles.